The molecule has 1 atom stereocenters. The first-order valence-electron chi connectivity index (χ1n) is 11.4. The van der Waals surface area contributed by atoms with Crippen LogP contribution in [-0.2, 0) is 23.0 Å². The number of aryl methyl sites for hydroxylation is 1. The number of anilines is 1. The number of benzene rings is 1. The van der Waals surface area contributed by atoms with Crippen LogP contribution >= 0.6 is 0 Å². The largest absolute Gasteiger partial charge is 0.378 e. The van der Waals surface area contributed by atoms with E-state index in [1.807, 2.05) is 37.5 Å². The van der Waals surface area contributed by atoms with E-state index in [4.69, 9.17) is 4.74 Å². The Labute approximate surface area is 201 Å². The van der Waals surface area contributed by atoms with E-state index in [2.05, 4.69) is 25.5 Å². The second-order valence-corrected chi connectivity index (χ2v) is 8.50. The van der Waals surface area contributed by atoms with Gasteiger partial charge in [-0.25, -0.2) is 14.6 Å². The molecule has 1 aliphatic rings. The molecule has 0 aliphatic carbocycles. The zero-order chi connectivity index (χ0) is 24.2. The molecule has 1 N–H and O–H groups in total. The topological polar surface area (TPSA) is 117 Å². The van der Waals surface area contributed by atoms with Gasteiger partial charge in [0.2, 0.25) is 11.3 Å². The Morgan fingerprint density at radius 2 is 2.06 bits per heavy atom. The average Bonchev–Trinajstić information content (AvgIpc) is 3.53. The molecule has 1 amide bonds. The predicted octanol–water partition coefficient (Wildman–Crippen LogP) is 2.52. The first kappa shape index (κ1) is 22.6. The Morgan fingerprint density at radius 1 is 1.20 bits per heavy atom. The minimum atomic E-state index is -0.130. The van der Waals surface area contributed by atoms with Gasteiger partial charge in [-0.3, -0.25) is 14.3 Å². The molecule has 4 heterocycles. The number of nitrogens with zero attached hydrogens (tertiary/aromatic N) is 6. The summed E-state index contributed by atoms with van der Waals surface area (Å²) in [5.41, 5.74) is 3.33. The lowest BCUT2D eigenvalue weighted by Crippen LogP contribution is -2.19. The first-order valence-corrected chi connectivity index (χ1v) is 11.4. The Bertz CT molecular complexity index is 1390. The van der Waals surface area contributed by atoms with Gasteiger partial charge in [0.1, 0.15) is 11.4 Å². The van der Waals surface area contributed by atoms with E-state index >= 15 is 0 Å². The number of carbonyl (C=O) groups is 1. The fraction of sp³-hybridized carbons (Fsp3) is 0.280. The summed E-state index contributed by atoms with van der Waals surface area (Å²) in [6, 6.07) is 9.18. The van der Waals surface area contributed by atoms with Gasteiger partial charge in [0.05, 0.1) is 43.0 Å². The molecule has 1 aliphatic heterocycles. The van der Waals surface area contributed by atoms with Crippen LogP contribution in [0.1, 0.15) is 30.5 Å². The van der Waals surface area contributed by atoms with Crippen LogP contribution in [0.15, 0.2) is 66.1 Å². The quantitative estimate of drug-likeness (QED) is 0.440. The van der Waals surface area contributed by atoms with Crippen molar-refractivity contribution >= 4 is 11.6 Å². The molecule has 35 heavy (non-hydrogen) atoms. The van der Waals surface area contributed by atoms with Gasteiger partial charge in [-0.05, 0) is 24.5 Å². The molecule has 1 saturated heterocycles. The normalized spacial score (nSPS) is 15.3. The summed E-state index contributed by atoms with van der Waals surface area (Å²) in [7, 11) is 1.83. The third-order valence-electron chi connectivity index (χ3n) is 5.77. The highest BCUT2D eigenvalue weighted by atomic mass is 16.5. The average molecular weight is 472 g/mol. The molecule has 10 nitrogen and oxygen atoms in total. The predicted molar refractivity (Wildman–Crippen MR) is 129 cm³/mol. The van der Waals surface area contributed by atoms with Crippen LogP contribution in [0.4, 0.5) is 5.69 Å². The highest BCUT2D eigenvalue weighted by Crippen LogP contribution is 2.20. The Kier molecular flexibility index (Phi) is 6.44. The van der Waals surface area contributed by atoms with Crippen LogP contribution in [0.25, 0.3) is 17.1 Å². The van der Waals surface area contributed by atoms with Crippen molar-refractivity contribution in [2.75, 3.05) is 11.9 Å². The third kappa shape index (κ3) is 5.49. The number of rotatable bonds is 7. The van der Waals surface area contributed by atoms with E-state index in [0.29, 0.717) is 30.0 Å². The van der Waals surface area contributed by atoms with Crippen LogP contribution in [0.5, 0.6) is 0 Å². The van der Waals surface area contributed by atoms with Crippen LogP contribution in [0.3, 0.4) is 0 Å². The van der Waals surface area contributed by atoms with Crippen molar-refractivity contribution < 1.29 is 9.53 Å². The fourth-order valence-electron chi connectivity index (χ4n) is 4.02. The lowest BCUT2D eigenvalue weighted by atomic mass is 10.1. The number of hydrogen-bond acceptors (Lipinski definition) is 7. The number of ether oxygens (including phenoxy) is 1. The van der Waals surface area contributed by atoms with Gasteiger partial charge in [0, 0.05) is 37.9 Å². The molecule has 0 spiro atoms. The minimum absolute atomic E-state index is 0.00879. The lowest BCUT2D eigenvalue weighted by Gasteiger charge is -2.10. The zero-order valence-electron chi connectivity index (χ0n) is 19.3. The number of amides is 1. The van der Waals surface area contributed by atoms with Crippen LogP contribution in [0, 0.1) is 0 Å². The highest BCUT2D eigenvalue weighted by molar-refractivity contribution is 5.90. The molecular formula is C25H25N7O3. The van der Waals surface area contributed by atoms with Crippen molar-refractivity contribution in [3.8, 4) is 17.1 Å². The maximum absolute atomic E-state index is 12.4. The lowest BCUT2D eigenvalue weighted by molar-refractivity contribution is -0.118. The van der Waals surface area contributed by atoms with Crippen molar-refractivity contribution in [3.05, 3.63) is 82.8 Å². The molecule has 3 aromatic heterocycles. The Morgan fingerprint density at radius 3 is 2.80 bits per heavy atom. The summed E-state index contributed by atoms with van der Waals surface area (Å²) in [4.78, 5) is 33.5. The Balaban J connectivity index is 1.28. The van der Waals surface area contributed by atoms with Gasteiger partial charge < -0.3 is 10.1 Å². The van der Waals surface area contributed by atoms with E-state index in [0.717, 1.165) is 36.3 Å². The molecule has 0 saturated carbocycles. The summed E-state index contributed by atoms with van der Waals surface area (Å²) in [6.45, 7) is 0.718. The molecule has 1 aromatic carbocycles. The number of hydrogen-bond donors (Lipinski definition) is 1. The molecule has 1 unspecified atom stereocenters. The van der Waals surface area contributed by atoms with Crippen molar-refractivity contribution in [2.24, 2.45) is 7.05 Å². The molecule has 178 valence electrons. The summed E-state index contributed by atoms with van der Waals surface area (Å²) in [5, 5.41) is 11.5. The minimum Gasteiger partial charge on any atom is -0.378 e. The molecular weight excluding hydrogens is 446 g/mol. The van der Waals surface area contributed by atoms with Crippen molar-refractivity contribution in [1.82, 2.24) is 29.5 Å². The van der Waals surface area contributed by atoms with Crippen LogP contribution in [0.2, 0.25) is 0 Å². The number of carbonyl (C=O) groups excluding carboxylic acids is 1. The van der Waals surface area contributed by atoms with E-state index < -0.39 is 0 Å². The molecule has 0 bridgehead atoms. The van der Waals surface area contributed by atoms with E-state index in [9.17, 15) is 9.59 Å². The monoisotopic (exact) mass is 471 g/mol. The van der Waals surface area contributed by atoms with Gasteiger partial charge in [-0.2, -0.15) is 10.2 Å². The smallest absolute Gasteiger partial charge is 0.227 e. The van der Waals surface area contributed by atoms with Crippen molar-refractivity contribution in [2.45, 2.75) is 31.8 Å². The van der Waals surface area contributed by atoms with Crippen LogP contribution < -0.4 is 10.7 Å². The Hall–Kier alpha value is -4.18. The number of nitrogens with one attached hydrogen (secondary N) is 1. The number of aromatic nitrogens is 6. The fourth-order valence-corrected chi connectivity index (χ4v) is 4.02. The summed E-state index contributed by atoms with van der Waals surface area (Å²) >= 11 is 0. The molecule has 4 aromatic rings. The second kappa shape index (κ2) is 9.98. The summed E-state index contributed by atoms with van der Waals surface area (Å²) in [6.07, 6.45) is 10.9. The van der Waals surface area contributed by atoms with Crippen molar-refractivity contribution in [1.29, 1.82) is 0 Å². The standard InChI is InChI=1S/C25H25N7O3/c1-31-16-20(15-28-31)32-8-7-23(33)22(30-32)11-17-4-2-5-18(10-17)25-26-13-19(14-27-25)29-24(34)12-21-6-3-9-35-21/h2,4-5,7-8,10,13-16,21H,3,6,9,11-12H2,1H3,(H,29,34). The summed E-state index contributed by atoms with van der Waals surface area (Å²) < 4.78 is 8.83. The van der Waals surface area contributed by atoms with E-state index in [-0.39, 0.29) is 17.4 Å². The molecule has 5 rings (SSSR count). The SMILES string of the molecule is Cn1cc(-n2ccc(=O)c(Cc3cccc(-c4ncc(NC(=O)CC5CCCO5)cn4)c3)n2)cn1. The van der Waals surface area contributed by atoms with Gasteiger partial charge in [-0.1, -0.05) is 18.2 Å². The molecule has 10 heteroatoms. The highest BCUT2D eigenvalue weighted by Gasteiger charge is 2.19. The zero-order valence-corrected chi connectivity index (χ0v) is 19.3. The summed E-state index contributed by atoms with van der Waals surface area (Å²) in [5.74, 6) is 0.417. The first-order chi connectivity index (χ1) is 17.0. The third-order valence-corrected chi connectivity index (χ3v) is 5.77. The van der Waals surface area contributed by atoms with E-state index in [1.165, 1.54) is 6.07 Å². The maximum Gasteiger partial charge on any atom is 0.227 e. The van der Waals surface area contributed by atoms with Gasteiger partial charge in [0.15, 0.2) is 5.82 Å². The van der Waals surface area contributed by atoms with Gasteiger partial charge >= 0.3 is 0 Å². The molecule has 0 radical (unpaired) electrons. The van der Waals surface area contributed by atoms with Crippen molar-refractivity contribution in [3.63, 3.8) is 0 Å². The van der Waals surface area contributed by atoms with E-state index in [1.54, 1.807) is 34.2 Å². The van der Waals surface area contributed by atoms with Gasteiger partial charge in [-0.15, -0.1) is 0 Å². The second-order valence-electron chi connectivity index (χ2n) is 8.50. The molecule has 1 fully saturated rings. The van der Waals surface area contributed by atoms with Crippen LogP contribution in [-0.4, -0.2) is 48.1 Å². The van der Waals surface area contributed by atoms with Gasteiger partial charge in [0.25, 0.3) is 0 Å². The maximum atomic E-state index is 12.4.